The number of nitrogens with zero attached hydrogens (tertiary/aromatic N) is 2. The van der Waals surface area contributed by atoms with Crippen LogP contribution in [0.25, 0.3) is 11.0 Å². The molecule has 0 spiro atoms. The smallest absolute Gasteiger partial charge is 0.320 e. The Bertz CT molecular complexity index is 631. The topological polar surface area (TPSA) is 17.8 Å². The fourth-order valence-corrected chi connectivity index (χ4v) is 3.28. The van der Waals surface area contributed by atoms with Crippen LogP contribution in [0.15, 0.2) is 24.3 Å². The highest BCUT2D eigenvalue weighted by Crippen LogP contribution is 2.31. The Morgan fingerprint density at radius 1 is 0.840 bits per heavy atom. The molecule has 0 saturated heterocycles. The van der Waals surface area contributed by atoms with Gasteiger partial charge in [0, 0.05) is 6.54 Å². The number of aromatic nitrogens is 2. The first-order valence-corrected chi connectivity index (χ1v) is 9.56. The average Bonchev–Trinajstić information content (AvgIpc) is 2.96. The van der Waals surface area contributed by atoms with Crippen molar-refractivity contribution in [2.24, 2.45) is 0 Å². The number of benzene rings is 1. The number of imidazole rings is 1. The minimum absolute atomic E-state index is 0.381. The summed E-state index contributed by atoms with van der Waals surface area (Å²) in [7, 11) is 0. The number of fused-ring (bicyclic) bond motifs is 1. The molecule has 0 N–H and O–H groups in total. The van der Waals surface area contributed by atoms with Crippen LogP contribution in [-0.4, -0.2) is 9.55 Å². The van der Waals surface area contributed by atoms with E-state index in [0.29, 0.717) is 17.6 Å². The summed E-state index contributed by atoms with van der Waals surface area (Å²) in [6, 6.07) is 6.84. The van der Waals surface area contributed by atoms with E-state index in [1.165, 1.54) is 49.5 Å². The SMILES string of the molecule is CCCCCCCCCCCCn1c(C(F)(F)F)nc2ccccc21. The van der Waals surface area contributed by atoms with Gasteiger partial charge in [-0.05, 0) is 18.6 Å². The van der Waals surface area contributed by atoms with E-state index in [4.69, 9.17) is 0 Å². The van der Waals surface area contributed by atoms with Crippen molar-refractivity contribution in [2.75, 3.05) is 0 Å². The second-order valence-electron chi connectivity index (χ2n) is 6.76. The van der Waals surface area contributed by atoms with Crippen molar-refractivity contribution in [3.05, 3.63) is 30.1 Å². The van der Waals surface area contributed by atoms with Gasteiger partial charge in [0.2, 0.25) is 5.82 Å². The maximum atomic E-state index is 13.2. The zero-order valence-electron chi connectivity index (χ0n) is 15.1. The van der Waals surface area contributed by atoms with E-state index in [1.54, 1.807) is 24.3 Å². The molecule has 0 atom stereocenters. The van der Waals surface area contributed by atoms with Crippen LogP contribution in [0.2, 0.25) is 0 Å². The first-order chi connectivity index (χ1) is 12.0. The fourth-order valence-electron chi connectivity index (χ4n) is 3.28. The summed E-state index contributed by atoms with van der Waals surface area (Å²) in [5.74, 6) is -0.773. The summed E-state index contributed by atoms with van der Waals surface area (Å²) in [4.78, 5) is 3.79. The third kappa shape index (κ3) is 6.05. The van der Waals surface area contributed by atoms with Crippen LogP contribution in [0.5, 0.6) is 0 Å². The van der Waals surface area contributed by atoms with Gasteiger partial charge in [-0.15, -0.1) is 0 Å². The lowest BCUT2D eigenvalue weighted by molar-refractivity contribution is -0.147. The predicted molar refractivity (Wildman–Crippen MR) is 96.6 cm³/mol. The van der Waals surface area contributed by atoms with E-state index in [2.05, 4.69) is 11.9 Å². The molecule has 0 aliphatic rings. The average molecular weight is 354 g/mol. The molecule has 1 heterocycles. The summed E-state index contributed by atoms with van der Waals surface area (Å²) in [5, 5.41) is 0. The lowest BCUT2D eigenvalue weighted by atomic mass is 10.1. The molecular formula is C20H29F3N2. The van der Waals surface area contributed by atoms with Crippen LogP contribution in [0.3, 0.4) is 0 Å². The molecule has 25 heavy (non-hydrogen) atoms. The second kappa shape index (κ2) is 9.83. The summed E-state index contributed by atoms with van der Waals surface area (Å²) in [5.41, 5.74) is 0.993. The Balaban J connectivity index is 1.77. The summed E-state index contributed by atoms with van der Waals surface area (Å²) in [6.07, 6.45) is 7.35. The van der Waals surface area contributed by atoms with E-state index in [1.807, 2.05) is 0 Å². The number of alkyl halides is 3. The van der Waals surface area contributed by atoms with E-state index >= 15 is 0 Å². The van der Waals surface area contributed by atoms with Crippen LogP contribution in [0.4, 0.5) is 13.2 Å². The number of para-hydroxylation sites is 2. The van der Waals surface area contributed by atoms with E-state index in [-0.39, 0.29) is 0 Å². The van der Waals surface area contributed by atoms with Crippen LogP contribution < -0.4 is 0 Å². The third-order valence-corrected chi connectivity index (χ3v) is 4.64. The number of hydrogen-bond acceptors (Lipinski definition) is 1. The van der Waals surface area contributed by atoms with Crippen LogP contribution in [-0.2, 0) is 12.7 Å². The molecule has 2 nitrogen and oxygen atoms in total. The Morgan fingerprint density at radius 3 is 2.00 bits per heavy atom. The maximum Gasteiger partial charge on any atom is 0.449 e. The van der Waals surface area contributed by atoms with Gasteiger partial charge in [0.05, 0.1) is 11.0 Å². The molecule has 0 fully saturated rings. The van der Waals surface area contributed by atoms with Gasteiger partial charge >= 0.3 is 6.18 Å². The van der Waals surface area contributed by atoms with Crippen molar-refractivity contribution in [1.29, 1.82) is 0 Å². The Labute approximate surface area is 148 Å². The molecule has 5 heteroatoms. The van der Waals surface area contributed by atoms with Crippen LogP contribution >= 0.6 is 0 Å². The molecule has 0 bridgehead atoms. The van der Waals surface area contributed by atoms with Crippen molar-refractivity contribution in [3.63, 3.8) is 0 Å². The molecule has 0 aliphatic heterocycles. The predicted octanol–water partition coefficient (Wildman–Crippen LogP) is 6.98. The number of halogens is 3. The maximum absolute atomic E-state index is 13.2. The molecule has 0 aliphatic carbocycles. The lowest BCUT2D eigenvalue weighted by Gasteiger charge is -2.11. The van der Waals surface area contributed by atoms with Gasteiger partial charge < -0.3 is 4.57 Å². The van der Waals surface area contributed by atoms with E-state index < -0.39 is 12.0 Å². The molecule has 0 saturated carbocycles. The first-order valence-electron chi connectivity index (χ1n) is 9.56. The molecule has 0 radical (unpaired) electrons. The zero-order chi connectivity index (χ0) is 18.1. The van der Waals surface area contributed by atoms with Crippen molar-refractivity contribution >= 4 is 11.0 Å². The van der Waals surface area contributed by atoms with Gasteiger partial charge in [0.25, 0.3) is 0 Å². The van der Waals surface area contributed by atoms with Gasteiger partial charge in [-0.2, -0.15) is 13.2 Å². The molecule has 0 amide bonds. The summed E-state index contributed by atoms with van der Waals surface area (Å²) < 4.78 is 41.0. The highest BCUT2D eigenvalue weighted by Gasteiger charge is 2.37. The molecule has 0 unspecified atom stereocenters. The minimum Gasteiger partial charge on any atom is -0.320 e. The summed E-state index contributed by atoms with van der Waals surface area (Å²) >= 11 is 0. The molecule has 2 aromatic rings. The van der Waals surface area contributed by atoms with Gasteiger partial charge in [0.15, 0.2) is 0 Å². The highest BCUT2D eigenvalue weighted by atomic mass is 19.4. The molecule has 1 aromatic heterocycles. The Kier molecular flexibility index (Phi) is 7.79. The van der Waals surface area contributed by atoms with E-state index in [9.17, 15) is 13.2 Å². The zero-order valence-corrected chi connectivity index (χ0v) is 15.1. The van der Waals surface area contributed by atoms with Gasteiger partial charge in [-0.3, -0.25) is 0 Å². The highest BCUT2D eigenvalue weighted by molar-refractivity contribution is 5.76. The van der Waals surface area contributed by atoms with Crippen molar-refractivity contribution in [2.45, 2.75) is 83.9 Å². The quantitative estimate of drug-likeness (QED) is 0.398. The Hall–Kier alpha value is -1.52. The molecule has 2 rings (SSSR count). The minimum atomic E-state index is -4.41. The van der Waals surface area contributed by atoms with Gasteiger partial charge in [-0.25, -0.2) is 4.98 Å². The number of hydrogen-bond donors (Lipinski definition) is 0. The molecular weight excluding hydrogens is 325 g/mol. The lowest BCUT2D eigenvalue weighted by Crippen LogP contribution is -2.15. The summed E-state index contributed by atoms with van der Waals surface area (Å²) in [6.45, 7) is 2.60. The second-order valence-corrected chi connectivity index (χ2v) is 6.76. The van der Waals surface area contributed by atoms with Crippen molar-refractivity contribution in [3.8, 4) is 0 Å². The van der Waals surface area contributed by atoms with E-state index in [0.717, 1.165) is 19.3 Å². The van der Waals surface area contributed by atoms with Crippen LogP contribution in [0, 0.1) is 0 Å². The molecule has 140 valence electrons. The number of aryl methyl sites for hydroxylation is 1. The fraction of sp³-hybridized carbons (Fsp3) is 0.650. The van der Waals surface area contributed by atoms with Gasteiger partial charge in [-0.1, -0.05) is 76.8 Å². The molecule has 1 aromatic carbocycles. The number of rotatable bonds is 11. The third-order valence-electron chi connectivity index (χ3n) is 4.64. The van der Waals surface area contributed by atoms with Crippen molar-refractivity contribution in [1.82, 2.24) is 9.55 Å². The first kappa shape index (κ1) is 19.8. The standard InChI is InChI=1S/C20H29F3N2/c1-2-3-4-5-6-7-8-9-10-13-16-25-18-15-12-11-14-17(18)24-19(25)20(21,22)23/h11-12,14-15H,2-10,13,16H2,1H3. The van der Waals surface area contributed by atoms with Gasteiger partial charge in [0.1, 0.15) is 0 Å². The number of unbranched alkanes of at least 4 members (excludes halogenated alkanes) is 9. The van der Waals surface area contributed by atoms with Crippen molar-refractivity contribution < 1.29 is 13.2 Å². The van der Waals surface area contributed by atoms with Crippen LogP contribution in [0.1, 0.15) is 77.0 Å². The largest absolute Gasteiger partial charge is 0.449 e. The monoisotopic (exact) mass is 354 g/mol. The normalized spacial score (nSPS) is 12.2. The Morgan fingerprint density at radius 2 is 1.40 bits per heavy atom.